The van der Waals surface area contributed by atoms with Crippen LogP contribution < -0.4 is 0 Å². The summed E-state index contributed by atoms with van der Waals surface area (Å²) < 4.78 is 48.4. The van der Waals surface area contributed by atoms with E-state index >= 15 is 0 Å². The van der Waals surface area contributed by atoms with Gasteiger partial charge in [0.25, 0.3) is 0 Å². The lowest BCUT2D eigenvalue weighted by Gasteiger charge is -2.19. The Morgan fingerprint density at radius 3 is 2.24 bits per heavy atom. The van der Waals surface area contributed by atoms with Crippen molar-refractivity contribution in [1.29, 1.82) is 0 Å². The van der Waals surface area contributed by atoms with E-state index in [2.05, 4.69) is 6.92 Å². The molecule has 0 unspecified atom stereocenters. The second kappa shape index (κ2) is 5.57. The number of halogens is 3. The second-order valence-electron chi connectivity index (χ2n) is 4.99. The largest absolute Gasteiger partial charge is 0.417 e. The minimum absolute atomic E-state index is 0.410. The third kappa shape index (κ3) is 4.47. The van der Waals surface area contributed by atoms with Gasteiger partial charge in [-0.3, -0.25) is 0 Å². The lowest BCUT2D eigenvalue weighted by molar-refractivity contribution is -0.233. The van der Waals surface area contributed by atoms with Crippen LogP contribution in [0.2, 0.25) is 0 Å². The standard InChI is InChI=1S/C12H21F3O2/c1-4-5-6-7-8-9-10(12(13,14)15)17-11(2,3)16-9/h9-10H,4-8H2,1-3H3/t9-,10-/m0/s1. The van der Waals surface area contributed by atoms with E-state index in [1.54, 1.807) is 0 Å². The Hall–Kier alpha value is -0.290. The topological polar surface area (TPSA) is 18.5 Å². The molecule has 0 saturated carbocycles. The Bertz CT molecular complexity index is 238. The Labute approximate surface area is 100 Å². The van der Waals surface area contributed by atoms with Crippen LogP contribution in [0.5, 0.6) is 0 Å². The van der Waals surface area contributed by atoms with Crippen LogP contribution in [0, 0.1) is 0 Å². The molecule has 0 amide bonds. The molecule has 0 spiro atoms. The maximum absolute atomic E-state index is 12.7. The van der Waals surface area contributed by atoms with Gasteiger partial charge in [0.05, 0.1) is 6.10 Å². The molecule has 0 aromatic heterocycles. The first-order valence-corrected chi connectivity index (χ1v) is 6.18. The van der Waals surface area contributed by atoms with Crippen LogP contribution in [-0.2, 0) is 9.47 Å². The SMILES string of the molecule is CCCCCC[C@@H]1OC(C)(C)O[C@@H]1C(F)(F)F. The van der Waals surface area contributed by atoms with Gasteiger partial charge < -0.3 is 9.47 Å². The summed E-state index contributed by atoms with van der Waals surface area (Å²) in [6.07, 6.45) is -2.76. The molecule has 2 atom stereocenters. The van der Waals surface area contributed by atoms with Crippen molar-refractivity contribution in [1.82, 2.24) is 0 Å². The summed E-state index contributed by atoms with van der Waals surface area (Å²) in [5, 5.41) is 0. The third-order valence-corrected chi connectivity index (χ3v) is 2.85. The molecule has 1 rings (SSSR count). The van der Waals surface area contributed by atoms with Gasteiger partial charge in [0.15, 0.2) is 11.9 Å². The molecule has 0 N–H and O–H groups in total. The number of rotatable bonds is 5. The minimum Gasteiger partial charge on any atom is -0.344 e. The molecule has 102 valence electrons. The van der Waals surface area contributed by atoms with Gasteiger partial charge in [-0.2, -0.15) is 13.2 Å². The lowest BCUT2D eigenvalue weighted by atomic mass is 10.1. The zero-order valence-corrected chi connectivity index (χ0v) is 10.6. The predicted octanol–water partition coefficient (Wildman–Crippen LogP) is 4.04. The number of unbranched alkanes of at least 4 members (excludes halogenated alkanes) is 3. The van der Waals surface area contributed by atoms with Gasteiger partial charge in [-0.1, -0.05) is 32.6 Å². The maximum Gasteiger partial charge on any atom is 0.417 e. The van der Waals surface area contributed by atoms with Crippen LogP contribution >= 0.6 is 0 Å². The van der Waals surface area contributed by atoms with Gasteiger partial charge in [0.1, 0.15) is 0 Å². The summed E-state index contributed by atoms with van der Waals surface area (Å²) in [5.41, 5.74) is 0. The van der Waals surface area contributed by atoms with Crippen LogP contribution in [0.15, 0.2) is 0 Å². The predicted molar refractivity (Wildman–Crippen MR) is 58.6 cm³/mol. The maximum atomic E-state index is 12.7. The van der Waals surface area contributed by atoms with E-state index in [9.17, 15) is 13.2 Å². The van der Waals surface area contributed by atoms with E-state index in [1.165, 1.54) is 13.8 Å². The van der Waals surface area contributed by atoms with Crippen LogP contribution in [0.25, 0.3) is 0 Å². The first-order chi connectivity index (χ1) is 7.76. The zero-order chi connectivity index (χ0) is 13.1. The van der Waals surface area contributed by atoms with Crippen molar-refractivity contribution >= 4 is 0 Å². The molecule has 1 saturated heterocycles. The van der Waals surface area contributed by atoms with Crippen molar-refractivity contribution in [3.8, 4) is 0 Å². The fraction of sp³-hybridized carbons (Fsp3) is 1.00. The lowest BCUT2D eigenvalue weighted by Crippen LogP contribution is -2.37. The molecule has 1 aliphatic rings. The second-order valence-corrected chi connectivity index (χ2v) is 4.99. The van der Waals surface area contributed by atoms with Crippen molar-refractivity contribution in [2.24, 2.45) is 0 Å². The van der Waals surface area contributed by atoms with Gasteiger partial charge in [0.2, 0.25) is 0 Å². The summed E-state index contributed by atoms with van der Waals surface area (Å²) in [7, 11) is 0. The van der Waals surface area contributed by atoms with E-state index in [0.717, 1.165) is 25.7 Å². The number of alkyl halides is 3. The highest BCUT2D eigenvalue weighted by molar-refractivity contribution is 4.86. The Morgan fingerprint density at radius 1 is 1.06 bits per heavy atom. The molecule has 2 nitrogen and oxygen atoms in total. The number of ether oxygens (including phenoxy) is 2. The molecule has 5 heteroatoms. The van der Waals surface area contributed by atoms with Gasteiger partial charge in [0, 0.05) is 0 Å². The van der Waals surface area contributed by atoms with Crippen molar-refractivity contribution in [2.45, 2.75) is 77.0 Å². The van der Waals surface area contributed by atoms with Crippen molar-refractivity contribution in [3.05, 3.63) is 0 Å². The van der Waals surface area contributed by atoms with Crippen LogP contribution in [0.3, 0.4) is 0 Å². The fourth-order valence-corrected chi connectivity index (χ4v) is 2.10. The molecular weight excluding hydrogens is 233 g/mol. The van der Waals surface area contributed by atoms with E-state index in [4.69, 9.17) is 9.47 Å². The normalized spacial score (nSPS) is 28.6. The summed E-state index contributed by atoms with van der Waals surface area (Å²) >= 11 is 0. The van der Waals surface area contributed by atoms with Crippen LogP contribution in [0.1, 0.15) is 52.9 Å². The summed E-state index contributed by atoms with van der Waals surface area (Å²) in [4.78, 5) is 0. The Kier molecular flexibility index (Phi) is 4.84. The highest BCUT2D eigenvalue weighted by atomic mass is 19.4. The molecule has 1 heterocycles. The van der Waals surface area contributed by atoms with Gasteiger partial charge in [-0.05, 0) is 20.3 Å². The molecule has 1 aliphatic heterocycles. The van der Waals surface area contributed by atoms with Crippen molar-refractivity contribution < 1.29 is 22.6 Å². The van der Waals surface area contributed by atoms with Crippen LogP contribution in [0.4, 0.5) is 13.2 Å². The molecule has 0 aliphatic carbocycles. The first kappa shape index (κ1) is 14.8. The van der Waals surface area contributed by atoms with E-state index in [0.29, 0.717) is 6.42 Å². The van der Waals surface area contributed by atoms with Crippen molar-refractivity contribution in [2.75, 3.05) is 0 Å². The Balaban J connectivity index is 2.50. The van der Waals surface area contributed by atoms with E-state index < -0.39 is 24.2 Å². The minimum atomic E-state index is -4.34. The van der Waals surface area contributed by atoms with Gasteiger partial charge in [-0.25, -0.2) is 0 Å². The molecule has 0 bridgehead atoms. The molecule has 0 radical (unpaired) electrons. The zero-order valence-electron chi connectivity index (χ0n) is 10.6. The quantitative estimate of drug-likeness (QED) is 0.689. The monoisotopic (exact) mass is 254 g/mol. The molecule has 17 heavy (non-hydrogen) atoms. The number of hydrogen-bond acceptors (Lipinski definition) is 2. The van der Waals surface area contributed by atoms with Gasteiger partial charge >= 0.3 is 6.18 Å². The molecule has 0 aromatic carbocycles. The molecular formula is C12H21F3O2. The number of hydrogen-bond donors (Lipinski definition) is 0. The third-order valence-electron chi connectivity index (χ3n) is 2.85. The highest BCUT2D eigenvalue weighted by Gasteiger charge is 2.54. The average molecular weight is 254 g/mol. The smallest absolute Gasteiger partial charge is 0.344 e. The summed E-state index contributed by atoms with van der Waals surface area (Å²) in [6.45, 7) is 5.12. The van der Waals surface area contributed by atoms with E-state index in [-0.39, 0.29) is 0 Å². The molecule has 1 fully saturated rings. The summed E-state index contributed by atoms with van der Waals surface area (Å²) in [6, 6.07) is 0. The van der Waals surface area contributed by atoms with E-state index in [1.807, 2.05) is 0 Å². The summed E-state index contributed by atoms with van der Waals surface area (Å²) in [5.74, 6) is -1.13. The highest BCUT2D eigenvalue weighted by Crippen LogP contribution is 2.39. The molecule has 0 aromatic rings. The Morgan fingerprint density at radius 2 is 1.71 bits per heavy atom. The van der Waals surface area contributed by atoms with Crippen molar-refractivity contribution in [3.63, 3.8) is 0 Å². The first-order valence-electron chi connectivity index (χ1n) is 6.18. The van der Waals surface area contributed by atoms with Gasteiger partial charge in [-0.15, -0.1) is 0 Å². The average Bonchev–Trinajstić information content (AvgIpc) is 2.48. The fourth-order valence-electron chi connectivity index (χ4n) is 2.10. The van der Waals surface area contributed by atoms with Crippen LogP contribution in [-0.4, -0.2) is 24.2 Å².